The lowest BCUT2D eigenvalue weighted by molar-refractivity contribution is -0.944. The Morgan fingerprint density at radius 1 is 0.536 bits per heavy atom. The Morgan fingerprint density at radius 2 is 0.893 bits per heavy atom. The lowest BCUT2D eigenvalue weighted by Crippen LogP contribution is -2.46. The number of unbranched alkanes of at least 4 members (excludes halogenated alkanes) is 16. The fourth-order valence-corrected chi connectivity index (χ4v) is 3.63. The van der Waals surface area contributed by atoms with Crippen molar-refractivity contribution in [3.05, 3.63) is 12.2 Å². The molecule has 0 aliphatic rings. The molecule has 0 spiro atoms. The number of hydrogen-bond donors (Lipinski definition) is 2. The Labute approximate surface area is 176 Å². The first kappa shape index (κ1) is 27.6. The van der Waals surface area contributed by atoms with E-state index in [1.165, 1.54) is 109 Å². The Bertz CT molecular complexity index is 327. The minimum Gasteiger partial charge on any atom is -0.347 e. The highest BCUT2D eigenvalue weighted by Gasteiger charge is 2.17. The third-order valence-corrected chi connectivity index (χ3v) is 5.89. The Morgan fingerprint density at radius 3 is 1.29 bits per heavy atom. The molecule has 0 aromatic carbocycles. The van der Waals surface area contributed by atoms with Gasteiger partial charge in [-0.25, -0.2) is 0 Å². The Kier molecular flexibility index (Phi) is 21.0. The molecule has 0 radical (unpaired) electrons. The van der Waals surface area contributed by atoms with E-state index in [9.17, 15) is 10.2 Å². The molecular weight excluding hydrogens is 346 g/mol. The van der Waals surface area contributed by atoms with E-state index in [0.717, 1.165) is 13.0 Å². The van der Waals surface area contributed by atoms with Crippen molar-refractivity contribution >= 4 is 0 Å². The molecule has 168 valence electrons. The summed E-state index contributed by atoms with van der Waals surface area (Å²) in [6, 6.07) is 0. The molecule has 28 heavy (non-hydrogen) atoms. The van der Waals surface area contributed by atoms with E-state index >= 15 is 0 Å². The predicted molar refractivity (Wildman–Crippen MR) is 123 cm³/mol. The summed E-state index contributed by atoms with van der Waals surface area (Å²) in [5.74, 6) is 0. The van der Waals surface area contributed by atoms with Crippen LogP contribution in [-0.4, -0.2) is 41.8 Å². The molecule has 2 N–H and O–H groups in total. The van der Waals surface area contributed by atoms with Gasteiger partial charge in [-0.1, -0.05) is 96.1 Å². The van der Waals surface area contributed by atoms with Crippen LogP contribution in [0.1, 0.15) is 122 Å². The number of allylic oxidation sites excluding steroid dienone is 2. The summed E-state index contributed by atoms with van der Waals surface area (Å²) in [6.45, 7) is 3.22. The van der Waals surface area contributed by atoms with E-state index in [-0.39, 0.29) is 13.5 Å². The third kappa shape index (κ3) is 19.0. The van der Waals surface area contributed by atoms with Gasteiger partial charge in [0.2, 0.25) is 0 Å². The highest BCUT2D eigenvalue weighted by Crippen LogP contribution is 2.13. The van der Waals surface area contributed by atoms with Crippen molar-refractivity contribution in [1.82, 2.24) is 0 Å². The first-order valence-corrected chi connectivity index (χ1v) is 12.4. The van der Waals surface area contributed by atoms with Gasteiger partial charge in [0.15, 0.2) is 13.5 Å². The second-order valence-electron chi connectivity index (χ2n) is 8.98. The number of aliphatic hydroxyl groups excluding tert-OH is 2. The average molecular weight is 399 g/mol. The van der Waals surface area contributed by atoms with E-state index < -0.39 is 0 Å². The maximum Gasteiger partial charge on any atom is 0.181 e. The van der Waals surface area contributed by atoms with E-state index in [4.69, 9.17) is 0 Å². The van der Waals surface area contributed by atoms with Crippen molar-refractivity contribution < 1.29 is 14.7 Å². The summed E-state index contributed by atoms with van der Waals surface area (Å²) in [5.41, 5.74) is 0. The van der Waals surface area contributed by atoms with Crippen molar-refractivity contribution in [2.45, 2.75) is 122 Å². The molecule has 0 fully saturated rings. The molecule has 0 bridgehead atoms. The minimum absolute atomic E-state index is 0.0332. The van der Waals surface area contributed by atoms with Crippen molar-refractivity contribution in [3.63, 3.8) is 0 Å². The maximum atomic E-state index is 9.25. The van der Waals surface area contributed by atoms with Gasteiger partial charge in [-0.2, -0.15) is 0 Å². The van der Waals surface area contributed by atoms with Gasteiger partial charge in [0.25, 0.3) is 0 Å². The summed E-state index contributed by atoms with van der Waals surface area (Å²) in [6.07, 6.45) is 29.0. The van der Waals surface area contributed by atoms with Gasteiger partial charge >= 0.3 is 0 Å². The van der Waals surface area contributed by atoms with Crippen LogP contribution in [0.5, 0.6) is 0 Å². The van der Waals surface area contributed by atoms with Gasteiger partial charge in [0, 0.05) is 0 Å². The number of aliphatic hydroxyl groups is 2. The molecule has 0 heterocycles. The van der Waals surface area contributed by atoms with Crippen molar-refractivity contribution in [1.29, 1.82) is 0 Å². The highest BCUT2D eigenvalue weighted by molar-refractivity contribution is 4.81. The molecule has 0 atom stereocenters. The first-order valence-electron chi connectivity index (χ1n) is 12.4. The van der Waals surface area contributed by atoms with Gasteiger partial charge in [0.05, 0.1) is 13.6 Å². The third-order valence-electron chi connectivity index (χ3n) is 5.89. The van der Waals surface area contributed by atoms with E-state index in [1.807, 2.05) is 7.05 Å². The molecule has 3 nitrogen and oxygen atoms in total. The fraction of sp³-hybridized carbons (Fsp3) is 0.920. The zero-order chi connectivity index (χ0) is 20.8. The summed E-state index contributed by atoms with van der Waals surface area (Å²) in [7, 11) is 1.91. The molecule has 0 aliphatic carbocycles. The number of hydrogen-bond acceptors (Lipinski definition) is 2. The monoisotopic (exact) mass is 398 g/mol. The van der Waals surface area contributed by atoms with Gasteiger partial charge < -0.3 is 10.2 Å². The van der Waals surface area contributed by atoms with Crippen LogP contribution in [0.2, 0.25) is 0 Å². The lowest BCUT2D eigenvalue weighted by Gasteiger charge is -2.29. The van der Waals surface area contributed by atoms with Crippen molar-refractivity contribution in [2.75, 3.05) is 27.1 Å². The van der Waals surface area contributed by atoms with Crippen LogP contribution in [0.15, 0.2) is 12.2 Å². The van der Waals surface area contributed by atoms with Gasteiger partial charge in [0.1, 0.15) is 0 Å². The summed E-state index contributed by atoms with van der Waals surface area (Å²) < 4.78 is 0.369. The SMILES string of the molecule is CCCCCCCCC=CCCCCCCCCCCCC[N+](C)(CO)CO. The Hall–Kier alpha value is -0.380. The molecular formula is C25H52NO2+. The van der Waals surface area contributed by atoms with Crippen LogP contribution in [0.4, 0.5) is 0 Å². The van der Waals surface area contributed by atoms with Gasteiger partial charge in [-0.3, -0.25) is 4.48 Å². The smallest absolute Gasteiger partial charge is 0.181 e. The van der Waals surface area contributed by atoms with Crippen molar-refractivity contribution in [2.24, 2.45) is 0 Å². The normalized spacial score (nSPS) is 12.3. The van der Waals surface area contributed by atoms with Crippen LogP contribution in [-0.2, 0) is 0 Å². The molecule has 0 amide bonds. The molecule has 0 saturated heterocycles. The molecule has 3 heteroatoms. The van der Waals surface area contributed by atoms with E-state index in [0.29, 0.717) is 4.48 Å². The number of rotatable bonds is 22. The second kappa shape index (κ2) is 21.3. The maximum absolute atomic E-state index is 9.25. The quantitative estimate of drug-likeness (QED) is 0.0898. The minimum atomic E-state index is 0.0332. The molecule has 0 saturated carbocycles. The molecule has 0 rings (SSSR count). The van der Waals surface area contributed by atoms with Gasteiger partial charge in [-0.05, 0) is 38.5 Å². The summed E-state index contributed by atoms with van der Waals surface area (Å²) in [4.78, 5) is 0. The van der Waals surface area contributed by atoms with Crippen LogP contribution in [0, 0.1) is 0 Å². The predicted octanol–water partition coefficient (Wildman–Crippen LogP) is 6.93. The zero-order valence-electron chi connectivity index (χ0n) is 19.3. The molecule has 0 aromatic rings. The van der Waals surface area contributed by atoms with Gasteiger partial charge in [-0.15, -0.1) is 0 Å². The number of quaternary nitrogens is 1. The molecule has 0 unspecified atom stereocenters. The largest absolute Gasteiger partial charge is 0.347 e. The average Bonchev–Trinajstić information content (AvgIpc) is 2.72. The second-order valence-corrected chi connectivity index (χ2v) is 8.98. The molecule has 0 aromatic heterocycles. The van der Waals surface area contributed by atoms with Crippen LogP contribution >= 0.6 is 0 Å². The topological polar surface area (TPSA) is 40.5 Å². The summed E-state index contributed by atoms with van der Waals surface area (Å²) in [5, 5.41) is 18.5. The van der Waals surface area contributed by atoms with Crippen LogP contribution < -0.4 is 0 Å². The van der Waals surface area contributed by atoms with Crippen LogP contribution in [0.3, 0.4) is 0 Å². The standard InChI is InChI=1S/C25H52NO2/c1-3-4-5-6-7-8-9-10-11-12-13-14-15-16-17-18-19-20-21-22-23-26(2,24-27)25-28/h10-11,27-28H,3-9,12-25H2,1-2H3/q+1. The zero-order valence-corrected chi connectivity index (χ0v) is 19.3. The number of nitrogens with zero attached hydrogens (tertiary/aromatic N) is 1. The first-order chi connectivity index (χ1) is 13.7. The highest BCUT2D eigenvalue weighted by atomic mass is 16.3. The summed E-state index contributed by atoms with van der Waals surface area (Å²) >= 11 is 0. The fourth-order valence-electron chi connectivity index (χ4n) is 3.63. The van der Waals surface area contributed by atoms with E-state index in [2.05, 4.69) is 19.1 Å². The van der Waals surface area contributed by atoms with E-state index in [1.54, 1.807) is 0 Å². The van der Waals surface area contributed by atoms with Crippen molar-refractivity contribution in [3.8, 4) is 0 Å². The Balaban J connectivity index is 3.18. The molecule has 0 aliphatic heterocycles. The van der Waals surface area contributed by atoms with Crippen LogP contribution in [0.25, 0.3) is 0 Å². The lowest BCUT2D eigenvalue weighted by atomic mass is 10.1.